The maximum absolute atomic E-state index is 11.1. The van der Waals surface area contributed by atoms with Gasteiger partial charge in [-0.3, -0.25) is 9.78 Å². The van der Waals surface area contributed by atoms with E-state index in [2.05, 4.69) is 15.6 Å². The van der Waals surface area contributed by atoms with E-state index in [9.17, 15) is 9.59 Å². The molecule has 5 N–H and O–H groups in total. The molecule has 0 aliphatic rings. The van der Waals surface area contributed by atoms with Crippen molar-refractivity contribution in [2.24, 2.45) is 0 Å². The van der Waals surface area contributed by atoms with Gasteiger partial charge in [0.1, 0.15) is 0 Å². The van der Waals surface area contributed by atoms with E-state index in [0.717, 1.165) is 0 Å². The van der Waals surface area contributed by atoms with Gasteiger partial charge >= 0.3 is 5.76 Å². The zero-order valence-electron chi connectivity index (χ0n) is 9.16. The summed E-state index contributed by atoms with van der Waals surface area (Å²) in [5, 5.41) is 5.34. The number of amides is 1. The van der Waals surface area contributed by atoms with Crippen molar-refractivity contribution >= 4 is 28.4 Å². The molecular weight excluding hydrogens is 224 g/mol. The summed E-state index contributed by atoms with van der Waals surface area (Å²) in [6.07, 6.45) is 0. The molecule has 2 rings (SSSR count). The highest BCUT2D eigenvalue weighted by molar-refractivity contribution is 5.87. The van der Waals surface area contributed by atoms with Gasteiger partial charge in [0.05, 0.1) is 23.4 Å². The Labute approximate surface area is 96.0 Å². The number of anilines is 2. The number of benzene rings is 1. The summed E-state index contributed by atoms with van der Waals surface area (Å²) in [5.41, 5.74) is 7.65. The summed E-state index contributed by atoms with van der Waals surface area (Å²) in [7, 11) is 1.55. The summed E-state index contributed by atoms with van der Waals surface area (Å²) in [4.78, 5) is 24.6. The first kappa shape index (κ1) is 11.1. The van der Waals surface area contributed by atoms with Crippen molar-refractivity contribution in [3.05, 3.63) is 22.7 Å². The summed E-state index contributed by atoms with van der Waals surface area (Å²) < 4.78 is 4.85. The number of carbonyl (C=O) groups is 1. The average Bonchev–Trinajstić information content (AvgIpc) is 2.64. The van der Waals surface area contributed by atoms with Crippen molar-refractivity contribution in [3.8, 4) is 0 Å². The minimum absolute atomic E-state index is 0.105. The maximum atomic E-state index is 11.1. The number of hydrogen-bond acceptors (Lipinski definition) is 5. The molecule has 0 aliphatic heterocycles. The molecule has 0 bridgehead atoms. The number of hydrogen-bond donors (Lipinski definition) is 4. The fourth-order valence-corrected chi connectivity index (χ4v) is 1.43. The molecule has 0 fully saturated rings. The van der Waals surface area contributed by atoms with Gasteiger partial charge in [-0.15, -0.1) is 0 Å². The molecule has 2 aromatic rings. The third-order valence-electron chi connectivity index (χ3n) is 2.31. The number of carbonyl (C=O) groups excluding carboxylic acids is 1. The van der Waals surface area contributed by atoms with E-state index in [4.69, 9.17) is 10.2 Å². The van der Waals surface area contributed by atoms with Crippen LogP contribution in [0.25, 0.3) is 11.1 Å². The predicted octanol–water partition coefficient (Wildman–Crippen LogP) is -0.139. The lowest BCUT2D eigenvalue weighted by atomic mass is 10.2. The van der Waals surface area contributed by atoms with Crippen molar-refractivity contribution < 1.29 is 9.21 Å². The number of likely N-dealkylation sites (N-methyl/N-ethyl adjacent to an activating group) is 1. The number of nitrogens with two attached hydrogens (primary N) is 1. The van der Waals surface area contributed by atoms with Gasteiger partial charge in [0.25, 0.3) is 0 Å². The zero-order chi connectivity index (χ0) is 12.4. The van der Waals surface area contributed by atoms with Crippen LogP contribution >= 0.6 is 0 Å². The quantitative estimate of drug-likeness (QED) is 0.554. The van der Waals surface area contributed by atoms with Crippen LogP contribution in [0.15, 0.2) is 21.3 Å². The molecule has 1 aromatic carbocycles. The van der Waals surface area contributed by atoms with Gasteiger partial charge in [-0.2, -0.15) is 0 Å². The molecule has 0 spiro atoms. The standard InChI is InChI=1S/C10H12N4O3/c1-12-9(15)4-13-6-3-7-8(2-5(6)11)17-10(16)14-7/h2-3,13H,4,11H2,1H3,(H,12,15)(H,14,16). The second-order valence-corrected chi connectivity index (χ2v) is 3.48. The molecule has 0 saturated heterocycles. The molecule has 17 heavy (non-hydrogen) atoms. The molecule has 7 heteroatoms. The third kappa shape index (κ3) is 2.22. The molecule has 0 radical (unpaired) electrons. The molecule has 0 aliphatic carbocycles. The number of H-pyrrole nitrogens is 1. The smallest absolute Gasteiger partial charge is 0.408 e. The Bertz CT molecular complexity index is 614. The minimum atomic E-state index is -0.539. The van der Waals surface area contributed by atoms with Gasteiger partial charge in [-0.05, 0) is 6.07 Å². The van der Waals surface area contributed by atoms with Crippen LogP contribution in [0.1, 0.15) is 0 Å². The molecule has 0 atom stereocenters. The SMILES string of the molecule is CNC(=O)CNc1cc2[nH]c(=O)oc2cc1N. The highest BCUT2D eigenvalue weighted by Crippen LogP contribution is 2.23. The van der Waals surface area contributed by atoms with Gasteiger partial charge in [0, 0.05) is 13.1 Å². The van der Waals surface area contributed by atoms with Gasteiger partial charge in [-0.25, -0.2) is 4.79 Å². The van der Waals surface area contributed by atoms with Crippen molar-refractivity contribution in [2.45, 2.75) is 0 Å². The van der Waals surface area contributed by atoms with Crippen LogP contribution in [-0.2, 0) is 4.79 Å². The Morgan fingerprint density at radius 3 is 3.00 bits per heavy atom. The normalized spacial score (nSPS) is 10.4. The van der Waals surface area contributed by atoms with E-state index in [1.807, 2.05) is 0 Å². The highest BCUT2D eigenvalue weighted by atomic mass is 16.4. The monoisotopic (exact) mass is 236 g/mol. The third-order valence-corrected chi connectivity index (χ3v) is 2.31. The van der Waals surface area contributed by atoms with Gasteiger partial charge in [0.2, 0.25) is 5.91 Å². The van der Waals surface area contributed by atoms with Crippen LogP contribution in [0.4, 0.5) is 11.4 Å². The lowest BCUT2D eigenvalue weighted by Gasteiger charge is -2.07. The van der Waals surface area contributed by atoms with Crippen LogP contribution in [0, 0.1) is 0 Å². The van der Waals surface area contributed by atoms with Crippen LogP contribution < -0.4 is 22.1 Å². The van der Waals surface area contributed by atoms with E-state index in [0.29, 0.717) is 22.5 Å². The Morgan fingerprint density at radius 2 is 2.29 bits per heavy atom. The molecule has 0 unspecified atom stereocenters. The molecule has 1 heterocycles. The van der Waals surface area contributed by atoms with Gasteiger partial charge in [0.15, 0.2) is 5.58 Å². The van der Waals surface area contributed by atoms with Crippen LogP contribution in [0.5, 0.6) is 0 Å². The van der Waals surface area contributed by atoms with Crippen molar-refractivity contribution in [1.29, 1.82) is 0 Å². The number of nitrogen functional groups attached to an aromatic ring is 1. The largest absolute Gasteiger partial charge is 0.417 e. The number of oxazole rings is 1. The average molecular weight is 236 g/mol. The zero-order valence-corrected chi connectivity index (χ0v) is 9.16. The van der Waals surface area contributed by atoms with Gasteiger partial charge in [-0.1, -0.05) is 0 Å². The first-order chi connectivity index (χ1) is 8.10. The van der Waals surface area contributed by atoms with Crippen molar-refractivity contribution in [1.82, 2.24) is 10.3 Å². The summed E-state index contributed by atoms with van der Waals surface area (Å²) >= 11 is 0. The fraction of sp³-hybridized carbons (Fsp3) is 0.200. The second kappa shape index (κ2) is 4.20. The Hall–Kier alpha value is -2.44. The van der Waals surface area contributed by atoms with E-state index in [1.54, 1.807) is 13.1 Å². The Kier molecular flexibility index (Phi) is 2.73. The number of aromatic nitrogens is 1. The molecular formula is C10H12N4O3. The molecule has 1 aromatic heterocycles. The summed E-state index contributed by atoms with van der Waals surface area (Å²) in [5.74, 6) is -0.701. The van der Waals surface area contributed by atoms with Crippen LogP contribution in [0.2, 0.25) is 0 Å². The molecule has 7 nitrogen and oxygen atoms in total. The second-order valence-electron chi connectivity index (χ2n) is 3.48. The van der Waals surface area contributed by atoms with E-state index >= 15 is 0 Å². The Morgan fingerprint density at radius 1 is 1.53 bits per heavy atom. The van der Waals surface area contributed by atoms with Gasteiger partial charge < -0.3 is 20.8 Å². The van der Waals surface area contributed by atoms with Crippen molar-refractivity contribution in [2.75, 3.05) is 24.6 Å². The summed E-state index contributed by atoms with van der Waals surface area (Å²) in [6, 6.07) is 3.15. The maximum Gasteiger partial charge on any atom is 0.417 e. The number of fused-ring (bicyclic) bond motifs is 1. The topological polar surface area (TPSA) is 113 Å². The van der Waals surface area contributed by atoms with E-state index in [-0.39, 0.29) is 12.5 Å². The minimum Gasteiger partial charge on any atom is -0.408 e. The number of rotatable bonds is 3. The lowest BCUT2D eigenvalue weighted by molar-refractivity contribution is -0.118. The van der Waals surface area contributed by atoms with Crippen LogP contribution in [0.3, 0.4) is 0 Å². The predicted molar refractivity (Wildman–Crippen MR) is 63.8 cm³/mol. The molecule has 0 saturated carbocycles. The molecule has 90 valence electrons. The van der Waals surface area contributed by atoms with E-state index in [1.165, 1.54) is 6.07 Å². The first-order valence-electron chi connectivity index (χ1n) is 4.97. The number of aromatic amines is 1. The highest BCUT2D eigenvalue weighted by Gasteiger charge is 2.07. The molecule has 1 amide bonds. The fourth-order valence-electron chi connectivity index (χ4n) is 1.43. The Balaban J connectivity index is 2.30. The number of nitrogens with one attached hydrogen (secondary N) is 3. The van der Waals surface area contributed by atoms with Crippen molar-refractivity contribution in [3.63, 3.8) is 0 Å². The first-order valence-corrected chi connectivity index (χ1v) is 4.97. The van der Waals surface area contributed by atoms with Crippen LogP contribution in [-0.4, -0.2) is 24.5 Å². The summed E-state index contributed by atoms with van der Waals surface area (Å²) in [6.45, 7) is 0.105. The van der Waals surface area contributed by atoms with E-state index < -0.39 is 5.76 Å². The lowest BCUT2D eigenvalue weighted by Crippen LogP contribution is -2.26.